The van der Waals surface area contributed by atoms with E-state index in [0.717, 1.165) is 17.8 Å². The molecule has 0 saturated heterocycles. The standard InChI is InChI=1S/C12H16N4OS2/c1-2-5-14-12-16-10(13)9(19-12)11(17)15-7-8-4-3-6-18-8/h3-4,6H,2,5,7,13H2,1H3,(H,14,16)(H,15,17). The van der Waals surface area contributed by atoms with Crippen molar-refractivity contribution in [3.8, 4) is 0 Å². The van der Waals surface area contributed by atoms with E-state index in [9.17, 15) is 4.79 Å². The zero-order valence-corrected chi connectivity index (χ0v) is 12.2. The predicted octanol–water partition coefficient (Wildman–Crippen LogP) is 2.54. The Labute approximate surface area is 119 Å². The SMILES string of the molecule is CCCNc1nc(N)c(C(=O)NCc2cccs2)s1. The summed E-state index contributed by atoms with van der Waals surface area (Å²) >= 11 is 2.90. The number of carbonyl (C=O) groups excluding carboxylic acids is 1. The van der Waals surface area contributed by atoms with Gasteiger partial charge in [-0.05, 0) is 17.9 Å². The Morgan fingerprint density at radius 1 is 1.53 bits per heavy atom. The van der Waals surface area contributed by atoms with Crippen LogP contribution in [-0.2, 0) is 6.54 Å². The number of nitrogens with two attached hydrogens (primary N) is 1. The summed E-state index contributed by atoms with van der Waals surface area (Å²) in [5.41, 5.74) is 5.76. The molecule has 0 aliphatic rings. The molecule has 0 fully saturated rings. The molecule has 0 bridgehead atoms. The number of rotatable bonds is 6. The summed E-state index contributed by atoms with van der Waals surface area (Å²) in [6, 6.07) is 3.94. The number of nitrogens with one attached hydrogen (secondary N) is 2. The number of carbonyl (C=O) groups is 1. The van der Waals surface area contributed by atoms with Crippen molar-refractivity contribution in [3.05, 3.63) is 27.3 Å². The fourth-order valence-corrected chi connectivity index (χ4v) is 2.93. The van der Waals surface area contributed by atoms with Gasteiger partial charge in [0.2, 0.25) is 0 Å². The molecule has 0 aliphatic heterocycles. The zero-order chi connectivity index (χ0) is 13.7. The van der Waals surface area contributed by atoms with Gasteiger partial charge in [-0.2, -0.15) is 0 Å². The van der Waals surface area contributed by atoms with E-state index in [0.29, 0.717) is 16.6 Å². The third-order valence-electron chi connectivity index (χ3n) is 2.39. The van der Waals surface area contributed by atoms with Crippen molar-refractivity contribution in [1.29, 1.82) is 0 Å². The first kappa shape index (κ1) is 13.8. The lowest BCUT2D eigenvalue weighted by molar-refractivity contribution is 0.0956. The highest BCUT2D eigenvalue weighted by Crippen LogP contribution is 2.24. The van der Waals surface area contributed by atoms with E-state index >= 15 is 0 Å². The lowest BCUT2D eigenvalue weighted by Gasteiger charge is -2.01. The van der Waals surface area contributed by atoms with Crippen molar-refractivity contribution >= 4 is 39.5 Å². The molecule has 0 spiro atoms. The van der Waals surface area contributed by atoms with Crippen molar-refractivity contribution in [2.75, 3.05) is 17.6 Å². The molecule has 0 aliphatic carbocycles. The molecular weight excluding hydrogens is 280 g/mol. The smallest absolute Gasteiger partial charge is 0.265 e. The van der Waals surface area contributed by atoms with Gasteiger partial charge in [-0.15, -0.1) is 11.3 Å². The number of hydrogen-bond acceptors (Lipinski definition) is 6. The quantitative estimate of drug-likeness (QED) is 0.765. The summed E-state index contributed by atoms with van der Waals surface area (Å²) in [6.07, 6.45) is 0.999. The van der Waals surface area contributed by atoms with Crippen molar-refractivity contribution in [3.63, 3.8) is 0 Å². The maximum absolute atomic E-state index is 12.0. The van der Waals surface area contributed by atoms with Crippen LogP contribution in [0.25, 0.3) is 0 Å². The van der Waals surface area contributed by atoms with Gasteiger partial charge in [0, 0.05) is 11.4 Å². The molecule has 7 heteroatoms. The lowest BCUT2D eigenvalue weighted by atomic mass is 10.4. The third-order valence-corrected chi connectivity index (χ3v) is 4.29. The second-order valence-corrected chi connectivity index (χ2v) is 5.95. The van der Waals surface area contributed by atoms with Crippen LogP contribution in [-0.4, -0.2) is 17.4 Å². The zero-order valence-electron chi connectivity index (χ0n) is 10.6. The van der Waals surface area contributed by atoms with Crippen LogP contribution in [0.3, 0.4) is 0 Å². The van der Waals surface area contributed by atoms with Gasteiger partial charge in [-0.25, -0.2) is 4.98 Å². The molecule has 0 saturated carbocycles. The Morgan fingerprint density at radius 3 is 3.05 bits per heavy atom. The molecule has 5 nitrogen and oxygen atoms in total. The first-order valence-electron chi connectivity index (χ1n) is 6.01. The van der Waals surface area contributed by atoms with Gasteiger partial charge >= 0.3 is 0 Å². The van der Waals surface area contributed by atoms with Crippen molar-refractivity contribution < 1.29 is 4.79 Å². The monoisotopic (exact) mass is 296 g/mol. The van der Waals surface area contributed by atoms with E-state index in [1.165, 1.54) is 11.3 Å². The minimum atomic E-state index is -0.173. The van der Waals surface area contributed by atoms with E-state index in [1.807, 2.05) is 17.5 Å². The molecule has 2 aromatic rings. The molecule has 1 amide bonds. The largest absolute Gasteiger partial charge is 0.382 e. The molecule has 19 heavy (non-hydrogen) atoms. The minimum Gasteiger partial charge on any atom is -0.382 e. The van der Waals surface area contributed by atoms with Gasteiger partial charge < -0.3 is 16.4 Å². The Morgan fingerprint density at radius 2 is 2.37 bits per heavy atom. The van der Waals surface area contributed by atoms with Crippen LogP contribution in [0.4, 0.5) is 10.9 Å². The number of thiazole rings is 1. The molecule has 0 unspecified atom stereocenters. The number of amides is 1. The molecule has 0 atom stereocenters. The van der Waals surface area contributed by atoms with E-state index in [2.05, 4.69) is 22.5 Å². The number of nitrogens with zero attached hydrogens (tertiary/aromatic N) is 1. The molecule has 102 valence electrons. The van der Waals surface area contributed by atoms with E-state index in [-0.39, 0.29) is 11.7 Å². The lowest BCUT2D eigenvalue weighted by Crippen LogP contribution is -2.22. The molecule has 0 radical (unpaired) electrons. The van der Waals surface area contributed by atoms with Crippen LogP contribution >= 0.6 is 22.7 Å². The maximum atomic E-state index is 12.0. The van der Waals surface area contributed by atoms with Crippen molar-refractivity contribution in [2.24, 2.45) is 0 Å². The van der Waals surface area contributed by atoms with Gasteiger partial charge in [0.15, 0.2) is 5.13 Å². The fourth-order valence-electron chi connectivity index (χ4n) is 1.46. The molecular formula is C12H16N4OS2. The Kier molecular flexibility index (Phi) is 4.75. The highest BCUT2D eigenvalue weighted by atomic mass is 32.1. The van der Waals surface area contributed by atoms with Crippen LogP contribution in [0.5, 0.6) is 0 Å². The third kappa shape index (κ3) is 3.68. The summed E-state index contributed by atoms with van der Waals surface area (Å²) in [4.78, 5) is 17.7. The average Bonchev–Trinajstić information content (AvgIpc) is 3.03. The van der Waals surface area contributed by atoms with Crippen LogP contribution in [0, 0.1) is 0 Å². The summed E-state index contributed by atoms with van der Waals surface area (Å²) in [7, 11) is 0. The molecule has 0 aromatic carbocycles. The molecule has 2 rings (SSSR count). The first-order valence-corrected chi connectivity index (χ1v) is 7.71. The predicted molar refractivity (Wildman–Crippen MR) is 80.8 cm³/mol. The van der Waals surface area contributed by atoms with Gasteiger partial charge in [-0.3, -0.25) is 4.79 Å². The minimum absolute atomic E-state index is 0.173. The van der Waals surface area contributed by atoms with Crippen LogP contribution in [0.1, 0.15) is 27.9 Å². The molecule has 2 aromatic heterocycles. The average molecular weight is 296 g/mol. The number of aromatic nitrogens is 1. The van der Waals surface area contributed by atoms with E-state index < -0.39 is 0 Å². The number of anilines is 2. The van der Waals surface area contributed by atoms with Gasteiger partial charge in [0.25, 0.3) is 5.91 Å². The second kappa shape index (κ2) is 6.53. The topological polar surface area (TPSA) is 80.0 Å². The summed E-state index contributed by atoms with van der Waals surface area (Å²) in [5.74, 6) is 0.111. The summed E-state index contributed by atoms with van der Waals surface area (Å²) in [5, 5.41) is 8.65. The Bertz CT molecular complexity index is 536. The normalized spacial score (nSPS) is 10.4. The van der Waals surface area contributed by atoms with Crippen LogP contribution in [0.2, 0.25) is 0 Å². The van der Waals surface area contributed by atoms with Crippen molar-refractivity contribution in [1.82, 2.24) is 10.3 Å². The first-order chi connectivity index (χ1) is 9.20. The van der Waals surface area contributed by atoms with Gasteiger partial charge in [0.1, 0.15) is 10.7 Å². The van der Waals surface area contributed by atoms with E-state index in [1.54, 1.807) is 11.3 Å². The van der Waals surface area contributed by atoms with Crippen LogP contribution in [0.15, 0.2) is 17.5 Å². The molecule has 2 heterocycles. The fraction of sp³-hybridized carbons (Fsp3) is 0.333. The van der Waals surface area contributed by atoms with Crippen LogP contribution < -0.4 is 16.4 Å². The maximum Gasteiger partial charge on any atom is 0.265 e. The number of thiophene rings is 1. The highest BCUT2D eigenvalue weighted by Gasteiger charge is 2.15. The second-order valence-electron chi connectivity index (χ2n) is 3.92. The Balaban J connectivity index is 1.96. The highest BCUT2D eigenvalue weighted by molar-refractivity contribution is 7.18. The summed E-state index contributed by atoms with van der Waals surface area (Å²) < 4.78 is 0. The van der Waals surface area contributed by atoms with E-state index in [4.69, 9.17) is 5.73 Å². The van der Waals surface area contributed by atoms with Gasteiger partial charge in [-0.1, -0.05) is 24.3 Å². The number of hydrogen-bond donors (Lipinski definition) is 3. The summed E-state index contributed by atoms with van der Waals surface area (Å²) in [6.45, 7) is 3.41. The van der Waals surface area contributed by atoms with Gasteiger partial charge in [0.05, 0.1) is 6.54 Å². The van der Waals surface area contributed by atoms with Crippen molar-refractivity contribution in [2.45, 2.75) is 19.9 Å². The molecule has 4 N–H and O–H groups in total. The number of nitrogen functional groups attached to an aromatic ring is 1. The Hall–Kier alpha value is -1.60.